The molecule has 0 spiro atoms. The Balaban J connectivity index is 1.64. The van der Waals surface area contributed by atoms with Crippen LogP contribution in [0.25, 0.3) is 0 Å². The number of benzene rings is 2. The number of anilines is 2. The lowest BCUT2D eigenvalue weighted by Crippen LogP contribution is -2.45. The summed E-state index contributed by atoms with van der Waals surface area (Å²) in [5.41, 5.74) is 2.09. The number of carboxylic acid groups (broad SMARTS) is 1. The molecule has 1 atom stereocenters. The van der Waals surface area contributed by atoms with Crippen molar-refractivity contribution in [2.24, 2.45) is 5.92 Å². The zero-order valence-electron chi connectivity index (χ0n) is 15.6. The number of nitrogens with one attached hydrogen (secondary N) is 2. The first-order chi connectivity index (χ1) is 13.4. The van der Waals surface area contributed by atoms with Crippen LogP contribution in [0.1, 0.15) is 28.8 Å². The number of rotatable bonds is 4. The Morgan fingerprint density at radius 1 is 1.07 bits per heavy atom. The van der Waals surface area contributed by atoms with Crippen molar-refractivity contribution in [3.63, 3.8) is 0 Å². The number of likely N-dealkylation sites (tertiary alicyclic amines) is 1. The summed E-state index contributed by atoms with van der Waals surface area (Å²) < 4.78 is 0. The van der Waals surface area contributed by atoms with Gasteiger partial charge in [0.2, 0.25) is 5.91 Å². The van der Waals surface area contributed by atoms with Crippen LogP contribution in [0.3, 0.4) is 0 Å². The average Bonchev–Trinajstić information content (AvgIpc) is 2.70. The Morgan fingerprint density at radius 3 is 2.54 bits per heavy atom. The Labute approximate surface area is 163 Å². The van der Waals surface area contributed by atoms with Gasteiger partial charge in [-0.2, -0.15) is 0 Å². The molecule has 3 amide bonds. The van der Waals surface area contributed by atoms with Crippen molar-refractivity contribution in [2.75, 3.05) is 23.7 Å². The molecule has 2 aromatic rings. The summed E-state index contributed by atoms with van der Waals surface area (Å²) in [6.07, 6.45) is 1.41. The van der Waals surface area contributed by atoms with E-state index in [0.717, 1.165) is 12.0 Å². The molecule has 1 saturated heterocycles. The highest BCUT2D eigenvalue weighted by atomic mass is 16.4. The number of amides is 3. The highest BCUT2D eigenvalue weighted by Crippen LogP contribution is 2.22. The minimum atomic E-state index is -1.04. The number of hydrogen-bond acceptors (Lipinski definition) is 3. The molecule has 0 aliphatic carbocycles. The van der Waals surface area contributed by atoms with Gasteiger partial charge in [-0.25, -0.2) is 9.59 Å². The molecule has 1 fully saturated rings. The van der Waals surface area contributed by atoms with Crippen LogP contribution >= 0.6 is 0 Å². The van der Waals surface area contributed by atoms with Crippen LogP contribution in [0, 0.1) is 12.8 Å². The van der Waals surface area contributed by atoms with Crippen molar-refractivity contribution in [1.29, 1.82) is 0 Å². The number of urea groups is 1. The first-order valence-corrected chi connectivity index (χ1v) is 9.20. The van der Waals surface area contributed by atoms with Gasteiger partial charge in [0.1, 0.15) is 0 Å². The number of piperidine rings is 1. The second kappa shape index (κ2) is 8.56. The third-order valence-corrected chi connectivity index (χ3v) is 4.85. The SMILES string of the molecule is Cc1ccc(C(=O)O)cc1NC(=O)C1CCCN(C(=O)Nc2ccccc2)C1. The quantitative estimate of drug-likeness (QED) is 0.754. The molecule has 0 radical (unpaired) electrons. The predicted octanol–water partition coefficient (Wildman–Crippen LogP) is 3.58. The number of carbonyl (C=O) groups excluding carboxylic acids is 2. The molecular weight excluding hydrogens is 358 g/mol. The molecule has 7 nitrogen and oxygen atoms in total. The van der Waals surface area contributed by atoms with E-state index >= 15 is 0 Å². The van der Waals surface area contributed by atoms with Crippen molar-refractivity contribution >= 4 is 29.3 Å². The lowest BCUT2D eigenvalue weighted by molar-refractivity contribution is -0.121. The summed E-state index contributed by atoms with van der Waals surface area (Å²) >= 11 is 0. The van der Waals surface area contributed by atoms with Crippen LogP contribution in [0.5, 0.6) is 0 Å². The van der Waals surface area contributed by atoms with Gasteiger partial charge in [-0.15, -0.1) is 0 Å². The second-order valence-corrected chi connectivity index (χ2v) is 6.91. The van der Waals surface area contributed by atoms with E-state index in [4.69, 9.17) is 5.11 Å². The highest BCUT2D eigenvalue weighted by Gasteiger charge is 2.29. The smallest absolute Gasteiger partial charge is 0.335 e. The van der Waals surface area contributed by atoms with Gasteiger partial charge in [0.15, 0.2) is 0 Å². The van der Waals surface area contributed by atoms with E-state index in [1.54, 1.807) is 11.0 Å². The molecule has 1 aliphatic heterocycles. The number of para-hydroxylation sites is 1. The third-order valence-electron chi connectivity index (χ3n) is 4.85. The van der Waals surface area contributed by atoms with Gasteiger partial charge < -0.3 is 20.6 Å². The summed E-state index contributed by atoms with van der Waals surface area (Å²) in [6.45, 7) is 2.72. The van der Waals surface area contributed by atoms with E-state index in [9.17, 15) is 14.4 Å². The molecule has 1 aliphatic rings. The van der Waals surface area contributed by atoms with E-state index in [-0.39, 0.29) is 23.4 Å². The number of aryl methyl sites for hydroxylation is 1. The van der Waals surface area contributed by atoms with Crippen LogP contribution in [0.15, 0.2) is 48.5 Å². The Morgan fingerprint density at radius 2 is 1.82 bits per heavy atom. The van der Waals surface area contributed by atoms with Crippen LogP contribution in [0.2, 0.25) is 0 Å². The molecule has 2 aromatic carbocycles. The highest BCUT2D eigenvalue weighted by molar-refractivity contribution is 5.96. The van der Waals surface area contributed by atoms with Crippen LogP contribution in [-0.2, 0) is 4.79 Å². The standard InChI is InChI=1S/C21H23N3O4/c1-14-9-10-15(20(26)27)12-18(14)23-19(25)16-6-5-11-24(13-16)21(28)22-17-7-3-2-4-8-17/h2-4,7-10,12,16H,5-6,11,13H2,1H3,(H,22,28)(H,23,25)(H,26,27). The maximum absolute atomic E-state index is 12.7. The summed E-state index contributed by atoms with van der Waals surface area (Å²) in [7, 11) is 0. The molecule has 3 N–H and O–H groups in total. The van der Waals surface area contributed by atoms with Gasteiger partial charge >= 0.3 is 12.0 Å². The number of carbonyl (C=O) groups is 3. The lowest BCUT2D eigenvalue weighted by atomic mass is 9.97. The van der Waals surface area contributed by atoms with Gasteiger partial charge in [0, 0.05) is 24.5 Å². The average molecular weight is 381 g/mol. The van der Waals surface area contributed by atoms with Crippen molar-refractivity contribution < 1.29 is 19.5 Å². The van der Waals surface area contributed by atoms with Crippen LogP contribution in [0.4, 0.5) is 16.2 Å². The third kappa shape index (κ3) is 4.68. The van der Waals surface area contributed by atoms with Gasteiger partial charge in [0.25, 0.3) is 0 Å². The van der Waals surface area contributed by atoms with E-state index < -0.39 is 5.97 Å². The summed E-state index contributed by atoms with van der Waals surface area (Å²) in [5, 5.41) is 14.8. The van der Waals surface area contributed by atoms with E-state index in [0.29, 0.717) is 30.9 Å². The largest absolute Gasteiger partial charge is 0.478 e. The van der Waals surface area contributed by atoms with Crippen molar-refractivity contribution in [3.05, 3.63) is 59.7 Å². The fourth-order valence-corrected chi connectivity index (χ4v) is 3.22. The fourth-order valence-electron chi connectivity index (χ4n) is 3.22. The first kappa shape index (κ1) is 19.4. The number of carboxylic acids is 1. The van der Waals surface area contributed by atoms with Gasteiger partial charge in [-0.3, -0.25) is 4.79 Å². The molecule has 0 saturated carbocycles. The van der Waals surface area contributed by atoms with Gasteiger partial charge in [-0.1, -0.05) is 24.3 Å². The predicted molar refractivity (Wildman–Crippen MR) is 107 cm³/mol. The van der Waals surface area contributed by atoms with E-state index in [2.05, 4.69) is 10.6 Å². The number of aromatic carboxylic acids is 1. The minimum Gasteiger partial charge on any atom is -0.478 e. The zero-order valence-corrected chi connectivity index (χ0v) is 15.6. The molecule has 146 valence electrons. The van der Waals surface area contributed by atoms with Crippen molar-refractivity contribution in [1.82, 2.24) is 4.90 Å². The number of nitrogens with zero attached hydrogens (tertiary/aromatic N) is 1. The van der Waals surface area contributed by atoms with Crippen LogP contribution in [-0.4, -0.2) is 41.0 Å². The fraction of sp³-hybridized carbons (Fsp3) is 0.286. The van der Waals surface area contributed by atoms with Crippen molar-refractivity contribution in [2.45, 2.75) is 19.8 Å². The molecule has 0 bridgehead atoms. The molecule has 28 heavy (non-hydrogen) atoms. The van der Waals surface area contributed by atoms with Gasteiger partial charge in [-0.05, 0) is 49.6 Å². The lowest BCUT2D eigenvalue weighted by Gasteiger charge is -2.32. The minimum absolute atomic E-state index is 0.119. The molecular formula is C21H23N3O4. The molecule has 7 heteroatoms. The topological polar surface area (TPSA) is 98.7 Å². The monoisotopic (exact) mass is 381 g/mol. The Bertz CT molecular complexity index is 882. The van der Waals surface area contributed by atoms with Crippen molar-refractivity contribution in [3.8, 4) is 0 Å². The Hall–Kier alpha value is -3.35. The molecule has 1 unspecified atom stereocenters. The van der Waals surface area contributed by atoms with Crippen LogP contribution < -0.4 is 10.6 Å². The maximum Gasteiger partial charge on any atom is 0.335 e. The van der Waals surface area contributed by atoms with Gasteiger partial charge in [0.05, 0.1) is 11.5 Å². The maximum atomic E-state index is 12.7. The van der Waals surface area contributed by atoms with E-state index in [1.807, 2.05) is 37.3 Å². The first-order valence-electron chi connectivity index (χ1n) is 9.20. The summed E-state index contributed by atoms with van der Waals surface area (Å²) in [4.78, 5) is 38.0. The summed E-state index contributed by atoms with van der Waals surface area (Å²) in [6, 6.07) is 13.6. The molecule has 0 aromatic heterocycles. The zero-order chi connectivity index (χ0) is 20.1. The molecule has 1 heterocycles. The number of hydrogen-bond donors (Lipinski definition) is 3. The Kier molecular flexibility index (Phi) is 5.93. The molecule has 3 rings (SSSR count). The van der Waals surface area contributed by atoms with E-state index in [1.165, 1.54) is 12.1 Å². The normalized spacial score (nSPS) is 16.3. The summed E-state index contributed by atoms with van der Waals surface area (Å²) in [5.74, 6) is -1.59. The second-order valence-electron chi connectivity index (χ2n) is 6.91.